The minimum atomic E-state index is -0.224. The summed E-state index contributed by atoms with van der Waals surface area (Å²) in [5, 5.41) is 0. The van der Waals surface area contributed by atoms with Crippen molar-refractivity contribution in [2.45, 2.75) is 72.1 Å². The molecule has 0 atom stereocenters. The number of aryl methyl sites for hydroxylation is 1. The van der Waals surface area contributed by atoms with Crippen LogP contribution in [-0.4, -0.2) is 86.6 Å². The third-order valence-electron chi connectivity index (χ3n) is 9.00. The van der Waals surface area contributed by atoms with E-state index < -0.39 is 0 Å². The average Bonchev–Trinajstić information content (AvgIpc) is 3.73. The minimum absolute atomic E-state index is 0.224. The van der Waals surface area contributed by atoms with E-state index in [1.165, 1.54) is 59.1 Å². The van der Waals surface area contributed by atoms with Crippen molar-refractivity contribution in [3.63, 3.8) is 0 Å². The van der Waals surface area contributed by atoms with Crippen molar-refractivity contribution in [1.82, 2.24) is 34.2 Å². The van der Waals surface area contributed by atoms with Crippen molar-refractivity contribution in [3.8, 4) is 0 Å². The van der Waals surface area contributed by atoms with Gasteiger partial charge in [0.2, 0.25) is 0 Å². The lowest BCUT2D eigenvalue weighted by Gasteiger charge is -2.40. The van der Waals surface area contributed by atoms with Crippen LogP contribution in [0.1, 0.15) is 62.3 Å². The number of carbonyl (C=O) groups is 1. The second kappa shape index (κ2) is 14.4. The van der Waals surface area contributed by atoms with Crippen LogP contribution in [-0.2, 0) is 42.1 Å². The van der Waals surface area contributed by atoms with Crippen molar-refractivity contribution in [3.05, 3.63) is 71.8 Å². The van der Waals surface area contributed by atoms with Gasteiger partial charge >= 0.3 is 5.97 Å². The van der Waals surface area contributed by atoms with Crippen molar-refractivity contribution in [1.29, 1.82) is 0 Å². The molecule has 0 saturated carbocycles. The maximum Gasteiger partial charge on any atom is 0.309 e. The number of nitrogens with one attached hydrogen (secondary N) is 1. The number of methoxy groups -OCH3 is 1. The summed E-state index contributed by atoms with van der Waals surface area (Å²) in [7, 11) is 1.43. The molecule has 0 bridgehead atoms. The lowest BCUT2D eigenvalue weighted by Crippen LogP contribution is -2.42. The topological polar surface area (TPSA) is 82.5 Å². The van der Waals surface area contributed by atoms with E-state index in [0.717, 1.165) is 54.7 Å². The van der Waals surface area contributed by atoms with Gasteiger partial charge in [-0.2, -0.15) is 0 Å². The predicted octanol–water partition coefficient (Wildman–Crippen LogP) is 4.36. The zero-order chi connectivity index (χ0) is 29.4. The van der Waals surface area contributed by atoms with Gasteiger partial charge in [0.05, 0.1) is 26.6 Å². The lowest BCUT2D eigenvalue weighted by molar-refractivity contribution is -0.139. The van der Waals surface area contributed by atoms with Gasteiger partial charge in [-0.05, 0) is 74.3 Å². The maximum atomic E-state index is 11.8. The average molecular weight is 576 g/mol. The van der Waals surface area contributed by atoms with E-state index in [1.54, 1.807) is 6.20 Å². The lowest BCUT2D eigenvalue weighted by atomic mass is 9.77. The first kappa shape index (κ1) is 30.4. The van der Waals surface area contributed by atoms with E-state index in [1.807, 2.05) is 24.5 Å². The molecule has 0 amide bonds. The van der Waals surface area contributed by atoms with E-state index >= 15 is 0 Å². The number of imidazole rings is 2. The quantitative estimate of drug-likeness (QED) is 0.286. The largest absolute Gasteiger partial charge is 0.469 e. The highest BCUT2D eigenvalue weighted by atomic mass is 16.5. The van der Waals surface area contributed by atoms with Gasteiger partial charge in [-0.3, -0.25) is 9.69 Å². The minimum Gasteiger partial charge on any atom is -0.469 e. The Kier molecular flexibility index (Phi) is 10.5. The Hall–Kier alpha value is -3.01. The molecule has 2 fully saturated rings. The van der Waals surface area contributed by atoms with Crippen LogP contribution in [0, 0.1) is 11.3 Å². The molecule has 5 rings (SSSR count). The third kappa shape index (κ3) is 8.52. The number of H-pyrrole nitrogens is 1. The molecule has 1 aromatic carbocycles. The molecule has 9 nitrogen and oxygen atoms in total. The number of aromatic amines is 1. The highest BCUT2D eigenvalue weighted by Gasteiger charge is 2.40. The van der Waals surface area contributed by atoms with Crippen LogP contribution in [0.4, 0.5) is 0 Å². The van der Waals surface area contributed by atoms with Crippen molar-refractivity contribution in [2.75, 3.05) is 46.4 Å². The van der Waals surface area contributed by atoms with Crippen LogP contribution in [0.3, 0.4) is 0 Å². The van der Waals surface area contributed by atoms with Gasteiger partial charge < -0.3 is 24.1 Å². The van der Waals surface area contributed by atoms with Crippen molar-refractivity contribution >= 4 is 5.97 Å². The van der Waals surface area contributed by atoms with E-state index in [-0.39, 0.29) is 12.4 Å². The summed E-state index contributed by atoms with van der Waals surface area (Å²) >= 11 is 0. The number of aromatic nitrogens is 4. The van der Waals surface area contributed by atoms with Gasteiger partial charge in [-0.25, -0.2) is 9.97 Å². The number of esters is 1. The molecular weight excluding hydrogens is 526 g/mol. The van der Waals surface area contributed by atoms with Crippen LogP contribution in [0.25, 0.3) is 0 Å². The molecule has 228 valence electrons. The Morgan fingerprint density at radius 2 is 1.81 bits per heavy atom. The second-order valence-electron chi connectivity index (χ2n) is 12.9. The van der Waals surface area contributed by atoms with Crippen LogP contribution in [0.2, 0.25) is 0 Å². The molecule has 0 unspecified atom stereocenters. The van der Waals surface area contributed by atoms with E-state index in [0.29, 0.717) is 18.5 Å². The molecule has 1 N–H and O–H groups in total. The molecule has 1 spiro atoms. The van der Waals surface area contributed by atoms with Crippen LogP contribution in [0.15, 0.2) is 49.1 Å². The normalized spacial score (nSPS) is 17.5. The highest BCUT2D eigenvalue weighted by Crippen LogP contribution is 2.40. The van der Waals surface area contributed by atoms with Crippen LogP contribution < -0.4 is 0 Å². The zero-order valence-electron chi connectivity index (χ0n) is 25.8. The molecule has 2 aliphatic heterocycles. The Labute approximate surface area is 251 Å². The number of likely N-dealkylation sites (tertiary alicyclic amines) is 2. The number of hydrogen-bond donors (Lipinski definition) is 1. The van der Waals surface area contributed by atoms with Crippen molar-refractivity contribution < 1.29 is 9.53 Å². The molecule has 3 aromatic rings. The summed E-state index contributed by atoms with van der Waals surface area (Å²) in [5.41, 5.74) is 2.66. The Bertz CT molecular complexity index is 1250. The summed E-state index contributed by atoms with van der Waals surface area (Å²) in [5.74, 6) is 2.53. The summed E-state index contributed by atoms with van der Waals surface area (Å²) in [6.45, 7) is 15.2. The Morgan fingerprint density at radius 3 is 2.55 bits per heavy atom. The van der Waals surface area contributed by atoms with Crippen LogP contribution in [0.5, 0.6) is 0 Å². The predicted molar refractivity (Wildman–Crippen MR) is 165 cm³/mol. The SMILES string of the molecule is COC(=O)Cc1cccc(CN(Cc2ncc[nH]2)Cc2nccn2CCCN2CCC3(CCN(CC(C)C)CC3)C2)c1. The first-order valence-electron chi connectivity index (χ1n) is 15.7. The summed E-state index contributed by atoms with van der Waals surface area (Å²) < 4.78 is 7.18. The smallest absolute Gasteiger partial charge is 0.309 e. The number of ether oxygens (including phenoxy) is 1. The molecular formula is C33H49N7O2. The van der Waals surface area contributed by atoms with E-state index in [9.17, 15) is 4.79 Å². The Balaban J connectivity index is 1.14. The number of benzene rings is 1. The highest BCUT2D eigenvalue weighted by molar-refractivity contribution is 5.72. The van der Waals surface area contributed by atoms with Gasteiger partial charge in [0.15, 0.2) is 0 Å². The molecule has 2 saturated heterocycles. The summed E-state index contributed by atoms with van der Waals surface area (Å²) in [4.78, 5) is 32.0. The molecule has 2 aromatic heterocycles. The van der Waals surface area contributed by atoms with Gasteiger partial charge in [0.25, 0.3) is 0 Å². The number of rotatable bonds is 14. The number of hydrogen-bond acceptors (Lipinski definition) is 7. The number of carbonyl (C=O) groups excluding carboxylic acids is 1. The summed E-state index contributed by atoms with van der Waals surface area (Å²) in [6.07, 6.45) is 13.2. The zero-order valence-corrected chi connectivity index (χ0v) is 25.8. The maximum absolute atomic E-state index is 11.8. The Morgan fingerprint density at radius 1 is 1.02 bits per heavy atom. The monoisotopic (exact) mass is 575 g/mol. The van der Waals surface area contributed by atoms with Crippen molar-refractivity contribution in [2.24, 2.45) is 11.3 Å². The molecule has 0 radical (unpaired) electrons. The summed E-state index contributed by atoms with van der Waals surface area (Å²) in [6, 6.07) is 8.19. The first-order valence-corrected chi connectivity index (χ1v) is 15.7. The van der Waals surface area contributed by atoms with Gasteiger partial charge in [0, 0.05) is 51.0 Å². The molecule has 4 heterocycles. The van der Waals surface area contributed by atoms with Gasteiger partial charge in [-0.1, -0.05) is 38.1 Å². The van der Waals surface area contributed by atoms with E-state index in [2.05, 4.69) is 61.4 Å². The third-order valence-corrected chi connectivity index (χ3v) is 9.00. The fourth-order valence-corrected chi connectivity index (χ4v) is 6.81. The van der Waals surface area contributed by atoms with Gasteiger partial charge in [0.1, 0.15) is 11.6 Å². The second-order valence-corrected chi connectivity index (χ2v) is 12.9. The molecule has 9 heteroatoms. The number of nitrogens with zero attached hydrogens (tertiary/aromatic N) is 6. The fraction of sp³-hybridized carbons (Fsp3) is 0.606. The van der Waals surface area contributed by atoms with Crippen LogP contribution >= 0.6 is 0 Å². The molecule has 2 aliphatic rings. The molecule has 42 heavy (non-hydrogen) atoms. The standard InChI is InChI=1S/C33H49N7O2/c1-27(2)22-37-16-8-33(9-17-37)10-18-38(26-33)14-5-15-40-19-13-36-31(40)25-39(24-30-34-11-12-35-30)23-29-7-4-6-28(20-29)21-32(41)42-3/h4,6-7,11-13,19-20,27H,5,8-10,14-18,21-26H2,1-3H3,(H,34,35). The van der Waals surface area contributed by atoms with Gasteiger partial charge in [-0.15, -0.1) is 0 Å². The molecule has 0 aliphatic carbocycles. The van der Waals surface area contributed by atoms with E-state index in [4.69, 9.17) is 9.72 Å². The first-order chi connectivity index (χ1) is 20.4. The fourth-order valence-electron chi connectivity index (χ4n) is 6.81. The number of piperidine rings is 1.